The standard InChI is InChI=1S/C10H5ClN2O5S/c11-19(15,16)13-10(14)18-9-6-3-1-2-4-7(6)17-8(9)5-12/h1-4H,(H,13,14). The molecule has 1 aromatic heterocycles. The number of carbonyl (C=O) groups excluding carboxylic acids is 1. The monoisotopic (exact) mass is 300 g/mol. The van der Waals surface area contributed by atoms with E-state index in [1.807, 2.05) is 0 Å². The summed E-state index contributed by atoms with van der Waals surface area (Å²) in [4.78, 5) is 11.3. The lowest BCUT2D eigenvalue weighted by molar-refractivity contribution is 0.207. The first kappa shape index (κ1) is 13.2. The van der Waals surface area contributed by atoms with Gasteiger partial charge in [-0.1, -0.05) is 12.1 Å². The van der Waals surface area contributed by atoms with E-state index in [1.165, 1.54) is 4.72 Å². The van der Waals surface area contributed by atoms with Gasteiger partial charge in [-0.3, -0.25) is 0 Å². The third-order valence-corrected chi connectivity index (χ3v) is 2.69. The normalized spacial score (nSPS) is 10.9. The Balaban J connectivity index is 2.40. The first-order chi connectivity index (χ1) is 8.90. The minimum absolute atomic E-state index is 0.170. The number of nitrogens with one attached hydrogen (secondary N) is 1. The number of fused-ring (bicyclic) bond motifs is 1. The van der Waals surface area contributed by atoms with Gasteiger partial charge < -0.3 is 9.15 Å². The highest BCUT2D eigenvalue weighted by Crippen LogP contribution is 2.32. The highest BCUT2D eigenvalue weighted by Gasteiger charge is 2.20. The zero-order valence-electron chi connectivity index (χ0n) is 9.08. The van der Waals surface area contributed by atoms with E-state index in [-0.39, 0.29) is 11.5 Å². The van der Waals surface area contributed by atoms with Crippen LogP contribution in [-0.2, 0) is 9.24 Å². The zero-order chi connectivity index (χ0) is 14.0. The Hall–Kier alpha value is -2.24. The molecule has 1 amide bonds. The number of nitriles is 1. The molecule has 0 saturated heterocycles. The molecule has 1 heterocycles. The first-order valence-electron chi connectivity index (χ1n) is 4.76. The molecule has 2 rings (SSSR count). The van der Waals surface area contributed by atoms with Crippen LogP contribution >= 0.6 is 10.7 Å². The molecule has 0 aliphatic rings. The van der Waals surface area contributed by atoms with E-state index in [0.29, 0.717) is 11.0 Å². The van der Waals surface area contributed by atoms with Gasteiger partial charge in [0.15, 0.2) is 5.75 Å². The smallest absolute Gasteiger partial charge is 0.427 e. The second-order valence-electron chi connectivity index (χ2n) is 3.30. The Morgan fingerprint density at radius 3 is 2.74 bits per heavy atom. The topological polar surface area (TPSA) is 109 Å². The van der Waals surface area contributed by atoms with Crippen LogP contribution < -0.4 is 9.46 Å². The third kappa shape index (κ3) is 2.96. The van der Waals surface area contributed by atoms with Crippen LogP contribution in [0.4, 0.5) is 4.79 Å². The van der Waals surface area contributed by atoms with Gasteiger partial charge in [-0.2, -0.15) is 13.7 Å². The maximum Gasteiger partial charge on any atom is 0.427 e. The number of hydrogen-bond acceptors (Lipinski definition) is 6. The fraction of sp³-hybridized carbons (Fsp3) is 0. The van der Waals surface area contributed by atoms with Crippen molar-refractivity contribution in [3.63, 3.8) is 0 Å². The summed E-state index contributed by atoms with van der Waals surface area (Å²) in [6.07, 6.45) is -1.34. The van der Waals surface area contributed by atoms with Crippen LogP contribution in [0.15, 0.2) is 28.7 Å². The Bertz CT molecular complexity index is 790. The van der Waals surface area contributed by atoms with Gasteiger partial charge in [0.25, 0.3) is 0 Å². The predicted octanol–water partition coefficient (Wildman–Crippen LogP) is 1.88. The van der Waals surface area contributed by atoms with Gasteiger partial charge in [-0.05, 0) is 12.1 Å². The number of hydrogen-bond donors (Lipinski definition) is 1. The van der Waals surface area contributed by atoms with Crippen molar-refractivity contribution in [1.29, 1.82) is 5.26 Å². The molecule has 9 heteroatoms. The SMILES string of the molecule is N#Cc1oc2ccccc2c1OC(=O)NS(=O)(=O)Cl. The Morgan fingerprint density at radius 1 is 1.42 bits per heavy atom. The molecule has 0 aliphatic heterocycles. The lowest BCUT2D eigenvalue weighted by atomic mass is 10.2. The summed E-state index contributed by atoms with van der Waals surface area (Å²) in [7, 11) is 0.567. The fourth-order valence-electron chi connectivity index (χ4n) is 1.41. The molecule has 0 saturated carbocycles. The van der Waals surface area contributed by atoms with Crippen molar-refractivity contribution in [3.8, 4) is 11.8 Å². The predicted molar refractivity (Wildman–Crippen MR) is 64.9 cm³/mol. The number of benzene rings is 1. The van der Waals surface area contributed by atoms with Gasteiger partial charge >= 0.3 is 15.3 Å². The summed E-state index contributed by atoms with van der Waals surface area (Å²) in [5.41, 5.74) is 0.329. The highest BCUT2D eigenvalue weighted by atomic mass is 35.7. The largest absolute Gasteiger partial charge is 0.442 e. The minimum Gasteiger partial charge on any atom is -0.442 e. The Kier molecular flexibility index (Phi) is 3.33. The van der Waals surface area contributed by atoms with Crippen molar-refractivity contribution in [1.82, 2.24) is 4.72 Å². The van der Waals surface area contributed by atoms with Crippen LogP contribution in [0, 0.1) is 11.3 Å². The molecule has 0 atom stereocenters. The van der Waals surface area contributed by atoms with E-state index < -0.39 is 15.3 Å². The van der Waals surface area contributed by atoms with Crippen molar-refractivity contribution in [2.24, 2.45) is 0 Å². The van der Waals surface area contributed by atoms with E-state index in [2.05, 4.69) is 0 Å². The molecular formula is C10H5ClN2O5S. The van der Waals surface area contributed by atoms with E-state index in [1.54, 1.807) is 30.3 Å². The van der Waals surface area contributed by atoms with E-state index in [9.17, 15) is 13.2 Å². The molecule has 0 aliphatic carbocycles. The number of ether oxygens (including phenoxy) is 1. The van der Waals surface area contributed by atoms with Gasteiger partial charge in [0.05, 0.1) is 5.39 Å². The van der Waals surface area contributed by atoms with Crippen LogP contribution in [0.3, 0.4) is 0 Å². The summed E-state index contributed by atoms with van der Waals surface area (Å²) >= 11 is 0. The summed E-state index contributed by atoms with van der Waals surface area (Å²) < 4.78 is 32.6. The van der Waals surface area contributed by atoms with Crippen LogP contribution in [0.1, 0.15) is 5.76 Å². The van der Waals surface area contributed by atoms with Crippen molar-refractivity contribution >= 4 is 37.0 Å². The lowest BCUT2D eigenvalue weighted by Crippen LogP contribution is -2.29. The van der Waals surface area contributed by atoms with E-state index in [0.717, 1.165) is 0 Å². The van der Waals surface area contributed by atoms with Crippen LogP contribution in [0.5, 0.6) is 5.75 Å². The average Bonchev–Trinajstić information content (AvgIpc) is 2.65. The van der Waals surface area contributed by atoms with Gasteiger partial charge in [0, 0.05) is 10.7 Å². The first-order valence-corrected chi connectivity index (χ1v) is 7.07. The van der Waals surface area contributed by atoms with Crippen LogP contribution in [0.2, 0.25) is 0 Å². The zero-order valence-corrected chi connectivity index (χ0v) is 10.7. The molecule has 98 valence electrons. The van der Waals surface area contributed by atoms with Gasteiger partial charge in [0.2, 0.25) is 5.76 Å². The maximum atomic E-state index is 11.3. The fourth-order valence-corrected chi connectivity index (χ4v) is 1.84. The molecule has 0 radical (unpaired) electrons. The molecule has 0 bridgehead atoms. The van der Waals surface area contributed by atoms with Crippen molar-refractivity contribution < 1.29 is 22.4 Å². The quantitative estimate of drug-likeness (QED) is 0.848. The molecule has 0 unspecified atom stereocenters. The molecule has 0 spiro atoms. The molecule has 1 aromatic carbocycles. The summed E-state index contributed by atoms with van der Waals surface area (Å²) in [5, 5.41) is 9.23. The minimum atomic E-state index is -4.27. The van der Waals surface area contributed by atoms with Crippen molar-refractivity contribution in [2.75, 3.05) is 0 Å². The van der Waals surface area contributed by atoms with Gasteiger partial charge in [0.1, 0.15) is 11.7 Å². The second kappa shape index (κ2) is 4.79. The number of para-hydroxylation sites is 1. The molecule has 19 heavy (non-hydrogen) atoms. The summed E-state index contributed by atoms with van der Waals surface area (Å²) in [6, 6.07) is 8.13. The van der Waals surface area contributed by atoms with Gasteiger partial charge in [-0.25, -0.2) is 9.52 Å². The molecule has 1 N–H and O–H groups in total. The number of amides is 1. The van der Waals surface area contributed by atoms with E-state index in [4.69, 9.17) is 25.1 Å². The van der Waals surface area contributed by atoms with Crippen LogP contribution in [0.25, 0.3) is 11.0 Å². The Labute approximate surface area is 111 Å². The molecule has 2 aromatic rings. The maximum absolute atomic E-state index is 11.3. The third-order valence-electron chi connectivity index (χ3n) is 2.05. The van der Waals surface area contributed by atoms with Crippen LogP contribution in [-0.4, -0.2) is 14.5 Å². The molecule has 0 fully saturated rings. The van der Waals surface area contributed by atoms with Gasteiger partial charge in [-0.15, -0.1) is 0 Å². The number of furan rings is 1. The number of rotatable bonds is 2. The molecular weight excluding hydrogens is 296 g/mol. The van der Waals surface area contributed by atoms with Crippen molar-refractivity contribution in [3.05, 3.63) is 30.0 Å². The summed E-state index contributed by atoms with van der Waals surface area (Å²) in [6.45, 7) is 0. The van der Waals surface area contributed by atoms with E-state index >= 15 is 0 Å². The Morgan fingerprint density at radius 2 is 2.11 bits per heavy atom. The highest BCUT2D eigenvalue weighted by molar-refractivity contribution is 8.12. The number of halogens is 1. The number of nitrogens with zero attached hydrogens (tertiary/aromatic N) is 1. The molecule has 7 nitrogen and oxygen atoms in total. The average molecular weight is 301 g/mol. The number of carbonyl (C=O) groups is 1. The lowest BCUT2D eigenvalue weighted by Gasteiger charge is -2.02. The summed E-state index contributed by atoms with van der Waals surface area (Å²) in [5.74, 6) is -0.417. The van der Waals surface area contributed by atoms with Crippen molar-refractivity contribution in [2.45, 2.75) is 0 Å². The second-order valence-corrected chi connectivity index (χ2v) is 5.60.